The quantitative estimate of drug-likeness (QED) is 0.472. The fourth-order valence-corrected chi connectivity index (χ4v) is 5.00. The van der Waals surface area contributed by atoms with E-state index in [4.69, 9.17) is 25.8 Å². The average molecular weight is 491 g/mol. The van der Waals surface area contributed by atoms with Crippen molar-refractivity contribution in [3.8, 4) is 11.5 Å². The number of benzene rings is 2. The summed E-state index contributed by atoms with van der Waals surface area (Å²) in [6.45, 7) is 1.09. The van der Waals surface area contributed by atoms with Crippen molar-refractivity contribution < 1.29 is 27.4 Å². The number of carbonyl (C=O) groups is 1. The third kappa shape index (κ3) is 4.49. The number of nitrogens with zero attached hydrogens (tertiary/aromatic N) is 1. The molecule has 2 aromatic carbocycles. The van der Waals surface area contributed by atoms with E-state index in [2.05, 4.69) is 15.9 Å². The molecule has 1 aliphatic heterocycles. The summed E-state index contributed by atoms with van der Waals surface area (Å²) in [6.07, 6.45) is 0. The Morgan fingerprint density at radius 1 is 1.14 bits per heavy atom. The maximum Gasteiger partial charge on any atom is 0.343 e. The number of hydrogen-bond acceptors (Lipinski definition) is 6. The number of methoxy groups -OCH3 is 1. The molecule has 0 saturated carbocycles. The van der Waals surface area contributed by atoms with Gasteiger partial charge in [-0.1, -0.05) is 11.6 Å². The molecule has 0 N–H and O–H groups in total. The van der Waals surface area contributed by atoms with Crippen molar-refractivity contribution in [2.75, 3.05) is 33.4 Å². The summed E-state index contributed by atoms with van der Waals surface area (Å²) in [7, 11) is -2.48. The molecule has 28 heavy (non-hydrogen) atoms. The van der Waals surface area contributed by atoms with Gasteiger partial charge < -0.3 is 14.2 Å². The fraction of sp³-hybridized carbons (Fsp3) is 0.278. The molecule has 1 heterocycles. The van der Waals surface area contributed by atoms with Gasteiger partial charge in [-0.2, -0.15) is 4.31 Å². The van der Waals surface area contributed by atoms with E-state index in [1.807, 2.05) is 0 Å². The summed E-state index contributed by atoms with van der Waals surface area (Å²) < 4.78 is 43.6. The minimum Gasteiger partial charge on any atom is -0.495 e. The highest BCUT2D eigenvalue weighted by Crippen LogP contribution is 2.31. The standard InChI is InChI=1S/C18H17BrClNO6S/c1-25-16-4-2-12(18(22)27-15-5-3-13(20)11-14(15)19)10-17(16)28(23,24)21-6-8-26-9-7-21/h2-5,10-11H,6-9H2,1H3. The van der Waals surface area contributed by atoms with Crippen molar-refractivity contribution >= 4 is 43.5 Å². The molecule has 0 radical (unpaired) electrons. The lowest BCUT2D eigenvalue weighted by atomic mass is 10.2. The fourth-order valence-electron chi connectivity index (χ4n) is 2.65. The van der Waals surface area contributed by atoms with Crippen LogP contribution in [0, 0.1) is 0 Å². The van der Waals surface area contributed by atoms with Gasteiger partial charge in [0.2, 0.25) is 10.0 Å². The molecular formula is C18H17BrClNO6S. The van der Waals surface area contributed by atoms with Crippen LogP contribution < -0.4 is 9.47 Å². The molecule has 0 unspecified atom stereocenters. The van der Waals surface area contributed by atoms with Crippen molar-refractivity contribution in [3.05, 3.63) is 51.5 Å². The lowest BCUT2D eigenvalue weighted by molar-refractivity contribution is 0.0726. The zero-order valence-electron chi connectivity index (χ0n) is 14.9. The Labute approximate surface area is 176 Å². The molecule has 0 bridgehead atoms. The highest BCUT2D eigenvalue weighted by Gasteiger charge is 2.30. The predicted molar refractivity (Wildman–Crippen MR) is 107 cm³/mol. The number of hydrogen-bond donors (Lipinski definition) is 0. The zero-order chi connectivity index (χ0) is 20.3. The van der Waals surface area contributed by atoms with E-state index in [1.54, 1.807) is 18.2 Å². The second-order valence-electron chi connectivity index (χ2n) is 5.85. The van der Waals surface area contributed by atoms with Crippen LogP contribution in [0.4, 0.5) is 0 Å². The second-order valence-corrected chi connectivity index (χ2v) is 9.04. The van der Waals surface area contributed by atoms with Crippen LogP contribution in [0.15, 0.2) is 45.8 Å². The monoisotopic (exact) mass is 489 g/mol. The Hall–Kier alpha value is -1.65. The molecule has 0 spiro atoms. The van der Waals surface area contributed by atoms with Crippen LogP contribution in [-0.2, 0) is 14.8 Å². The van der Waals surface area contributed by atoms with E-state index in [9.17, 15) is 13.2 Å². The van der Waals surface area contributed by atoms with Crippen molar-refractivity contribution in [1.82, 2.24) is 4.31 Å². The third-order valence-electron chi connectivity index (χ3n) is 4.08. The number of carbonyl (C=O) groups excluding carboxylic acids is 1. The van der Waals surface area contributed by atoms with Crippen LogP contribution in [0.3, 0.4) is 0 Å². The van der Waals surface area contributed by atoms with Gasteiger partial charge in [-0.15, -0.1) is 0 Å². The van der Waals surface area contributed by atoms with E-state index >= 15 is 0 Å². The largest absolute Gasteiger partial charge is 0.495 e. The summed E-state index contributed by atoms with van der Waals surface area (Å²) in [6, 6.07) is 8.85. The van der Waals surface area contributed by atoms with Gasteiger partial charge in [0.25, 0.3) is 0 Å². The summed E-state index contributed by atoms with van der Waals surface area (Å²) in [5, 5.41) is 0.481. The van der Waals surface area contributed by atoms with Gasteiger partial charge in [-0.25, -0.2) is 13.2 Å². The summed E-state index contributed by atoms with van der Waals surface area (Å²) in [4.78, 5) is 12.5. The number of rotatable bonds is 5. The topological polar surface area (TPSA) is 82.1 Å². The molecule has 1 aliphatic rings. The van der Waals surface area contributed by atoms with E-state index in [0.717, 1.165) is 0 Å². The minimum absolute atomic E-state index is 0.0782. The van der Waals surface area contributed by atoms with E-state index in [-0.39, 0.29) is 35.0 Å². The highest BCUT2D eigenvalue weighted by atomic mass is 79.9. The van der Waals surface area contributed by atoms with Crippen molar-refractivity contribution in [1.29, 1.82) is 0 Å². The number of esters is 1. The van der Waals surface area contributed by atoms with Crippen LogP contribution in [0.2, 0.25) is 5.02 Å². The number of halogens is 2. The Bertz CT molecular complexity index is 992. The number of morpholine rings is 1. The first kappa shape index (κ1) is 21.1. The Morgan fingerprint density at radius 3 is 2.46 bits per heavy atom. The van der Waals surface area contributed by atoms with Crippen LogP contribution in [0.1, 0.15) is 10.4 Å². The molecule has 0 aliphatic carbocycles. The van der Waals surface area contributed by atoms with E-state index < -0.39 is 16.0 Å². The average Bonchev–Trinajstić information content (AvgIpc) is 2.70. The minimum atomic E-state index is -3.85. The van der Waals surface area contributed by atoms with Gasteiger partial charge >= 0.3 is 5.97 Å². The van der Waals surface area contributed by atoms with Gasteiger partial charge in [-0.05, 0) is 52.3 Å². The highest BCUT2D eigenvalue weighted by molar-refractivity contribution is 9.10. The molecule has 0 amide bonds. The molecule has 3 rings (SSSR count). The van der Waals surface area contributed by atoms with Gasteiger partial charge in [0.05, 0.1) is 30.4 Å². The Balaban J connectivity index is 1.92. The molecule has 7 nitrogen and oxygen atoms in total. The van der Waals surface area contributed by atoms with Gasteiger partial charge in [0.1, 0.15) is 16.4 Å². The van der Waals surface area contributed by atoms with Crippen molar-refractivity contribution in [3.63, 3.8) is 0 Å². The molecule has 150 valence electrons. The van der Waals surface area contributed by atoms with Crippen LogP contribution in [-0.4, -0.2) is 52.1 Å². The normalized spacial score (nSPS) is 15.2. The van der Waals surface area contributed by atoms with Crippen molar-refractivity contribution in [2.24, 2.45) is 0 Å². The maximum atomic E-state index is 13.0. The Morgan fingerprint density at radius 2 is 1.82 bits per heavy atom. The number of ether oxygens (including phenoxy) is 3. The molecule has 0 atom stereocenters. The second kappa shape index (κ2) is 8.79. The molecule has 1 saturated heterocycles. The molecule has 10 heteroatoms. The van der Waals surface area contributed by atoms with Gasteiger partial charge in [0, 0.05) is 18.1 Å². The Kier molecular flexibility index (Phi) is 6.61. The predicted octanol–water partition coefficient (Wildman–Crippen LogP) is 3.35. The maximum absolute atomic E-state index is 13.0. The van der Waals surface area contributed by atoms with Gasteiger partial charge in [-0.3, -0.25) is 0 Å². The molecular weight excluding hydrogens is 474 g/mol. The summed E-state index contributed by atoms with van der Waals surface area (Å²) in [5.74, 6) is -0.289. The SMILES string of the molecule is COc1ccc(C(=O)Oc2ccc(Cl)cc2Br)cc1S(=O)(=O)N1CCOCC1. The smallest absolute Gasteiger partial charge is 0.343 e. The van der Waals surface area contributed by atoms with Crippen LogP contribution >= 0.6 is 27.5 Å². The first-order valence-electron chi connectivity index (χ1n) is 8.26. The lowest BCUT2D eigenvalue weighted by Crippen LogP contribution is -2.40. The van der Waals surface area contributed by atoms with Crippen LogP contribution in [0.25, 0.3) is 0 Å². The van der Waals surface area contributed by atoms with Crippen molar-refractivity contribution in [2.45, 2.75) is 4.90 Å². The summed E-state index contributed by atoms with van der Waals surface area (Å²) >= 11 is 9.16. The lowest BCUT2D eigenvalue weighted by Gasteiger charge is -2.26. The molecule has 2 aromatic rings. The first-order chi connectivity index (χ1) is 13.3. The van der Waals surface area contributed by atoms with E-state index in [0.29, 0.717) is 22.7 Å². The molecule has 0 aromatic heterocycles. The zero-order valence-corrected chi connectivity index (χ0v) is 18.0. The molecule has 1 fully saturated rings. The van der Waals surface area contributed by atoms with Crippen LogP contribution in [0.5, 0.6) is 11.5 Å². The van der Waals surface area contributed by atoms with Gasteiger partial charge in [0.15, 0.2) is 0 Å². The summed E-state index contributed by atoms with van der Waals surface area (Å²) in [5.41, 5.74) is 0.0782. The van der Waals surface area contributed by atoms with E-state index in [1.165, 1.54) is 29.6 Å². The first-order valence-corrected chi connectivity index (χ1v) is 10.9. The third-order valence-corrected chi connectivity index (χ3v) is 6.86. The number of sulfonamides is 1.